The minimum Gasteiger partial charge on any atom is -0.490 e. The van der Waals surface area contributed by atoms with Crippen LogP contribution >= 0.6 is 27.7 Å². The van der Waals surface area contributed by atoms with Crippen molar-refractivity contribution < 1.29 is 23.8 Å². The quantitative estimate of drug-likeness (QED) is 0.497. The van der Waals surface area contributed by atoms with Gasteiger partial charge in [0, 0.05) is 18.6 Å². The molecular formula is C17H19BrN2O5S. The van der Waals surface area contributed by atoms with Crippen LogP contribution in [0.2, 0.25) is 0 Å². The monoisotopic (exact) mass is 442 g/mol. The summed E-state index contributed by atoms with van der Waals surface area (Å²) in [5, 5.41) is 0.639. The van der Waals surface area contributed by atoms with E-state index in [0.717, 1.165) is 5.56 Å². The predicted octanol–water partition coefficient (Wildman–Crippen LogP) is 2.93. The van der Waals surface area contributed by atoms with Gasteiger partial charge in [-0.2, -0.15) is 0 Å². The molecule has 140 valence electrons. The molecule has 0 bridgehead atoms. The molecule has 9 heteroatoms. The molecule has 1 heterocycles. The third kappa shape index (κ3) is 4.59. The number of hydrogen-bond donors (Lipinski definition) is 0. The first-order chi connectivity index (χ1) is 12.4. The lowest BCUT2D eigenvalue weighted by molar-refractivity contribution is -0.142. The molecule has 1 saturated heterocycles. The Morgan fingerprint density at radius 3 is 2.62 bits per heavy atom. The minimum absolute atomic E-state index is 0.119. The average molecular weight is 443 g/mol. The molecule has 1 fully saturated rings. The second-order valence-electron chi connectivity index (χ2n) is 5.10. The normalized spacial score (nSPS) is 17.1. The van der Waals surface area contributed by atoms with Crippen LogP contribution in [0.3, 0.4) is 0 Å². The number of likely N-dealkylation sites (N-methyl/N-ethyl adjacent to an activating group) is 1. The number of hydrogen-bond acceptors (Lipinski definition) is 7. The molecule has 1 aromatic carbocycles. The Labute approximate surface area is 164 Å². The van der Waals surface area contributed by atoms with Gasteiger partial charge in [-0.25, -0.2) is 4.79 Å². The van der Waals surface area contributed by atoms with Gasteiger partial charge in [0.05, 0.1) is 18.6 Å². The molecule has 0 radical (unpaired) electrons. The van der Waals surface area contributed by atoms with Crippen LogP contribution in [0.15, 0.2) is 26.5 Å². The maximum Gasteiger partial charge on any atom is 0.343 e. The van der Waals surface area contributed by atoms with Gasteiger partial charge in [0.1, 0.15) is 0 Å². The number of halogens is 1. The number of benzene rings is 1. The molecule has 1 aliphatic rings. The molecule has 0 aromatic heterocycles. The van der Waals surface area contributed by atoms with Crippen LogP contribution in [0, 0.1) is 0 Å². The Balaban J connectivity index is 2.35. The third-order valence-electron chi connectivity index (χ3n) is 3.42. The minimum atomic E-state index is -0.489. The van der Waals surface area contributed by atoms with Gasteiger partial charge in [0.15, 0.2) is 23.3 Å². The van der Waals surface area contributed by atoms with E-state index >= 15 is 0 Å². The van der Waals surface area contributed by atoms with E-state index in [1.807, 2.05) is 6.92 Å². The van der Waals surface area contributed by atoms with Crippen LogP contribution in [0.5, 0.6) is 11.5 Å². The number of carbonyl (C=O) groups is 2. The lowest BCUT2D eigenvalue weighted by Gasteiger charge is -2.13. The third-order valence-corrected chi connectivity index (χ3v) is 5.26. The first kappa shape index (κ1) is 20.3. The molecular weight excluding hydrogens is 424 g/mol. The zero-order chi connectivity index (χ0) is 19.3. The molecule has 1 aliphatic heterocycles. The first-order valence-electron chi connectivity index (χ1n) is 7.71. The van der Waals surface area contributed by atoms with Gasteiger partial charge in [-0.15, -0.1) is 0 Å². The number of nitrogens with zero attached hydrogens (tertiary/aromatic N) is 2. The van der Waals surface area contributed by atoms with E-state index in [1.165, 1.54) is 23.8 Å². The summed E-state index contributed by atoms with van der Waals surface area (Å²) >= 11 is 4.77. The van der Waals surface area contributed by atoms with E-state index in [-0.39, 0.29) is 12.5 Å². The number of ether oxygens (including phenoxy) is 3. The van der Waals surface area contributed by atoms with E-state index in [4.69, 9.17) is 9.47 Å². The van der Waals surface area contributed by atoms with Crippen LogP contribution < -0.4 is 9.47 Å². The number of carbonyl (C=O) groups excluding carboxylic acids is 2. The number of methoxy groups -OCH3 is 1. The van der Waals surface area contributed by atoms with Crippen molar-refractivity contribution in [2.45, 2.75) is 6.92 Å². The summed E-state index contributed by atoms with van der Waals surface area (Å²) in [4.78, 5) is 29.8. The fraction of sp³-hybridized carbons (Fsp3) is 0.353. The molecule has 0 atom stereocenters. The smallest absolute Gasteiger partial charge is 0.343 e. The molecule has 0 N–H and O–H groups in total. The molecule has 0 aliphatic carbocycles. The summed E-state index contributed by atoms with van der Waals surface area (Å²) in [6, 6.07) is 3.45. The Hall–Kier alpha value is -2.00. The number of amidine groups is 1. The Bertz CT molecular complexity index is 779. The van der Waals surface area contributed by atoms with Crippen molar-refractivity contribution in [1.82, 2.24) is 4.90 Å². The first-order valence-corrected chi connectivity index (χ1v) is 9.32. The second-order valence-corrected chi connectivity index (χ2v) is 6.96. The molecule has 0 spiro atoms. The predicted molar refractivity (Wildman–Crippen MR) is 105 cm³/mol. The van der Waals surface area contributed by atoms with Gasteiger partial charge >= 0.3 is 5.97 Å². The van der Waals surface area contributed by atoms with Gasteiger partial charge < -0.3 is 14.2 Å². The topological polar surface area (TPSA) is 77.4 Å². The van der Waals surface area contributed by atoms with Crippen LogP contribution in [0.25, 0.3) is 6.08 Å². The van der Waals surface area contributed by atoms with Crippen molar-refractivity contribution in [2.75, 3.05) is 34.4 Å². The van der Waals surface area contributed by atoms with Gasteiger partial charge in [-0.3, -0.25) is 14.7 Å². The highest BCUT2D eigenvalue weighted by Crippen LogP contribution is 2.37. The highest BCUT2D eigenvalue weighted by atomic mass is 79.9. The van der Waals surface area contributed by atoms with Crippen molar-refractivity contribution in [2.24, 2.45) is 4.99 Å². The highest BCUT2D eigenvalue weighted by molar-refractivity contribution is 9.10. The lowest BCUT2D eigenvalue weighted by Crippen LogP contribution is -2.23. The Morgan fingerprint density at radius 1 is 1.35 bits per heavy atom. The molecule has 0 unspecified atom stereocenters. The maximum absolute atomic E-state index is 12.3. The van der Waals surface area contributed by atoms with Crippen molar-refractivity contribution in [1.29, 1.82) is 0 Å². The zero-order valence-electron chi connectivity index (χ0n) is 14.9. The number of amides is 1. The van der Waals surface area contributed by atoms with Gasteiger partial charge in [0.2, 0.25) is 0 Å². The summed E-state index contributed by atoms with van der Waals surface area (Å²) < 4.78 is 16.3. The molecule has 0 saturated carbocycles. The number of rotatable bonds is 6. The lowest BCUT2D eigenvalue weighted by atomic mass is 10.2. The molecule has 26 heavy (non-hydrogen) atoms. The summed E-state index contributed by atoms with van der Waals surface area (Å²) in [7, 11) is 4.62. The zero-order valence-corrected chi connectivity index (χ0v) is 17.3. The van der Waals surface area contributed by atoms with E-state index in [0.29, 0.717) is 32.7 Å². The van der Waals surface area contributed by atoms with Gasteiger partial charge in [0.25, 0.3) is 5.91 Å². The van der Waals surface area contributed by atoms with Crippen molar-refractivity contribution in [3.8, 4) is 11.5 Å². The van der Waals surface area contributed by atoms with E-state index in [1.54, 1.807) is 32.3 Å². The molecule has 2 rings (SSSR count). The molecule has 7 nitrogen and oxygen atoms in total. The standard InChI is InChI=1S/C17H19BrN2O5S/c1-5-24-12-6-10(7-14-16(22)20(3)17(19-2)26-14)11(18)8-13(12)25-9-15(21)23-4/h6-8H,5,9H2,1-4H3/b14-7+,19-17?. The Kier molecular flexibility index (Phi) is 7.10. The fourth-order valence-corrected chi connectivity index (χ4v) is 3.48. The Morgan fingerprint density at radius 2 is 2.04 bits per heavy atom. The average Bonchev–Trinajstić information content (AvgIpc) is 2.90. The highest BCUT2D eigenvalue weighted by Gasteiger charge is 2.30. The van der Waals surface area contributed by atoms with E-state index in [2.05, 4.69) is 25.7 Å². The van der Waals surface area contributed by atoms with Crippen LogP contribution in [0.4, 0.5) is 0 Å². The van der Waals surface area contributed by atoms with Crippen LogP contribution in [-0.4, -0.2) is 56.4 Å². The summed E-state index contributed by atoms with van der Waals surface area (Å²) in [5.41, 5.74) is 0.750. The molecule has 1 amide bonds. The second kappa shape index (κ2) is 9.09. The number of thioether (sulfide) groups is 1. The van der Waals surface area contributed by atoms with E-state index < -0.39 is 5.97 Å². The number of aliphatic imine (C=N–C) groups is 1. The van der Waals surface area contributed by atoms with Crippen molar-refractivity contribution in [3.63, 3.8) is 0 Å². The van der Waals surface area contributed by atoms with Crippen LogP contribution in [-0.2, 0) is 14.3 Å². The summed E-state index contributed by atoms with van der Waals surface area (Å²) in [6.07, 6.45) is 1.76. The maximum atomic E-state index is 12.3. The summed E-state index contributed by atoms with van der Waals surface area (Å²) in [5.74, 6) is 0.271. The molecule has 1 aromatic rings. The summed E-state index contributed by atoms with van der Waals surface area (Å²) in [6.45, 7) is 2.05. The van der Waals surface area contributed by atoms with E-state index in [9.17, 15) is 9.59 Å². The largest absolute Gasteiger partial charge is 0.490 e. The fourth-order valence-electron chi connectivity index (χ4n) is 2.13. The van der Waals surface area contributed by atoms with Gasteiger partial charge in [-0.05, 0) is 42.5 Å². The van der Waals surface area contributed by atoms with Crippen molar-refractivity contribution >= 4 is 50.8 Å². The SMILES string of the molecule is CCOc1cc(/C=C2/SC(=NC)N(C)C2=O)c(Br)cc1OCC(=O)OC. The van der Waals surface area contributed by atoms with Crippen molar-refractivity contribution in [3.05, 3.63) is 27.1 Å². The van der Waals surface area contributed by atoms with Crippen LogP contribution in [0.1, 0.15) is 12.5 Å². The number of esters is 1. The van der Waals surface area contributed by atoms with Gasteiger partial charge in [-0.1, -0.05) is 15.9 Å².